The van der Waals surface area contributed by atoms with Crippen LogP contribution in [0.2, 0.25) is 0 Å². The van der Waals surface area contributed by atoms with Crippen molar-refractivity contribution in [1.82, 2.24) is 4.90 Å². The third-order valence-electron chi connectivity index (χ3n) is 4.41. The number of likely N-dealkylation sites (tertiary alicyclic amines) is 1. The first-order valence-electron chi connectivity index (χ1n) is 7.44. The molecule has 1 aromatic carbocycles. The van der Waals surface area contributed by atoms with Gasteiger partial charge in [0.2, 0.25) is 0 Å². The second kappa shape index (κ2) is 5.14. The largest absolute Gasteiger partial charge is 0.389 e. The molecule has 3 atom stereocenters. The Kier molecular flexibility index (Phi) is 3.50. The van der Waals surface area contributed by atoms with Crippen molar-refractivity contribution in [3.63, 3.8) is 0 Å². The van der Waals surface area contributed by atoms with Gasteiger partial charge in [-0.1, -0.05) is 18.2 Å². The molecule has 1 saturated carbocycles. The lowest BCUT2D eigenvalue weighted by Crippen LogP contribution is -2.31. The molecule has 1 heterocycles. The van der Waals surface area contributed by atoms with Crippen LogP contribution in [0.4, 0.5) is 5.69 Å². The number of hydrogen-bond donors (Lipinski definition) is 2. The molecular formula is C16H24N2O. The lowest BCUT2D eigenvalue weighted by molar-refractivity contribution is 0.200. The standard InChI is InChI=1S/C16H24N2O/c1-11-9-13(10-18(11)14-7-8-14)17-16-6-4-3-5-15(16)12(2)19/h3-6,11-14,17,19H,7-10H2,1-2H3. The number of aliphatic hydroxyl groups is 1. The normalized spacial score (nSPS) is 29.4. The molecular weight excluding hydrogens is 236 g/mol. The minimum atomic E-state index is -0.415. The zero-order valence-electron chi connectivity index (χ0n) is 11.8. The van der Waals surface area contributed by atoms with Crippen LogP contribution in [0.3, 0.4) is 0 Å². The highest BCUT2D eigenvalue weighted by molar-refractivity contribution is 5.53. The highest BCUT2D eigenvalue weighted by atomic mass is 16.3. The molecule has 2 N–H and O–H groups in total. The monoisotopic (exact) mass is 260 g/mol. The van der Waals surface area contributed by atoms with Gasteiger partial charge in [-0.3, -0.25) is 4.90 Å². The molecule has 3 unspecified atom stereocenters. The Balaban J connectivity index is 1.69. The van der Waals surface area contributed by atoms with Crippen LogP contribution in [0.5, 0.6) is 0 Å². The maximum absolute atomic E-state index is 9.83. The van der Waals surface area contributed by atoms with E-state index in [4.69, 9.17) is 0 Å². The average molecular weight is 260 g/mol. The molecule has 3 nitrogen and oxygen atoms in total. The second-order valence-corrected chi connectivity index (χ2v) is 6.12. The van der Waals surface area contributed by atoms with E-state index in [2.05, 4.69) is 23.2 Å². The van der Waals surface area contributed by atoms with E-state index in [1.54, 1.807) is 0 Å². The van der Waals surface area contributed by atoms with Gasteiger partial charge in [0.05, 0.1) is 6.10 Å². The summed E-state index contributed by atoms with van der Waals surface area (Å²) >= 11 is 0. The number of benzene rings is 1. The first-order valence-corrected chi connectivity index (χ1v) is 7.44. The van der Waals surface area contributed by atoms with Crippen LogP contribution in [-0.4, -0.2) is 34.7 Å². The maximum atomic E-state index is 9.83. The Morgan fingerprint density at radius 3 is 2.74 bits per heavy atom. The van der Waals surface area contributed by atoms with Gasteiger partial charge in [0, 0.05) is 35.9 Å². The van der Waals surface area contributed by atoms with Crippen LogP contribution in [0.25, 0.3) is 0 Å². The third kappa shape index (κ3) is 2.77. The summed E-state index contributed by atoms with van der Waals surface area (Å²) < 4.78 is 0. The summed E-state index contributed by atoms with van der Waals surface area (Å²) in [5.41, 5.74) is 2.09. The molecule has 0 radical (unpaired) electrons. The molecule has 0 bridgehead atoms. The van der Waals surface area contributed by atoms with Crippen LogP contribution in [0.1, 0.15) is 44.8 Å². The fourth-order valence-corrected chi connectivity index (χ4v) is 3.29. The summed E-state index contributed by atoms with van der Waals surface area (Å²) in [6.07, 6.45) is 3.54. The minimum absolute atomic E-state index is 0.415. The molecule has 1 aliphatic heterocycles. The van der Waals surface area contributed by atoms with Crippen LogP contribution in [0.15, 0.2) is 24.3 Å². The summed E-state index contributed by atoms with van der Waals surface area (Å²) in [4.78, 5) is 2.64. The number of para-hydroxylation sites is 1. The van der Waals surface area contributed by atoms with Crippen LogP contribution < -0.4 is 5.32 Å². The van der Waals surface area contributed by atoms with Crippen LogP contribution >= 0.6 is 0 Å². The third-order valence-corrected chi connectivity index (χ3v) is 4.41. The summed E-state index contributed by atoms with van der Waals surface area (Å²) in [5, 5.41) is 13.5. The number of nitrogens with one attached hydrogen (secondary N) is 1. The van der Waals surface area contributed by atoms with Crippen molar-refractivity contribution in [2.24, 2.45) is 0 Å². The van der Waals surface area contributed by atoms with Crippen molar-refractivity contribution in [3.05, 3.63) is 29.8 Å². The molecule has 104 valence electrons. The molecule has 0 amide bonds. The van der Waals surface area contributed by atoms with Crippen molar-refractivity contribution in [3.8, 4) is 0 Å². The van der Waals surface area contributed by atoms with Crippen molar-refractivity contribution in [2.45, 2.75) is 57.3 Å². The Labute approximate surface area is 115 Å². The van der Waals surface area contributed by atoms with Crippen molar-refractivity contribution in [1.29, 1.82) is 0 Å². The number of aliphatic hydroxyl groups excluding tert-OH is 1. The Morgan fingerprint density at radius 1 is 1.32 bits per heavy atom. The molecule has 1 aromatic rings. The predicted octanol–water partition coefficient (Wildman–Crippen LogP) is 2.78. The van der Waals surface area contributed by atoms with Crippen molar-refractivity contribution in [2.75, 3.05) is 11.9 Å². The average Bonchev–Trinajstić information content (AvgIpc) is 3.15. The van der Waals surface area contributed by atoms with Gasteiger partial charge < -0.3 is 10.4 Å². The number of hydrogen-bond acceptors (Lipinski definition) is 3. The maximum Gasteiger partial charge on any atom is 0.0781 e. The zero-order chi connectivity index (χ0) is 13.4. The first-order chi connectivity index (χ1) is 9.15. The van der Waals surface area contributed by atoms with Gasteiger partial charge in [0.1, 0.15) is 0 Å². The molecule has 1 saturated heterocycles. The van der Waals surface area contributed by atoms with E-state index in [1.807, 2.05) is 25.1 Å². The van der Waals surface area contributed by atoms with Gasteiger partial charge in [-0.05, 0) is 39.2 Å². The van der Waals surface area contributed by atoms with Crippen molar-refractivity contribution >= 4 is 5.69 Å². The smallest absolute Gasteiger partial charge is 0.0781 e. The zero-order valence-corrected chi connectivity index (χ0v) is 11.8. The quantitative estimate of drug-likeness (QED) is 0.874. The summed E-state index contributed by atoms with van der Waals surface area (Å²) in [6.45, 7) is 5.30. The fourth-order valence-electron chi connectivity index (χ4n) is 3.29. The van der Waals surface area contributed by atoms with Gasteiger partial charge in [0.25, 0.3) is 0 Å². The topological polar surface area (TPSA) is 35.5 Å². The van der Waals surface area contributed by atoms with Crippen molar-refractivity contribution < 1.29 is 5.11 Å². The summed E-state index contributed by atoms with van der Waals surface area (Å²) in [5.74, 6) is 0. The van der Waals surface area contributed by atoms with E-state index in [9.17, 15) is 5.11 Å². The fraction of sp³-hybridized carbons (Fsp3) is 0.625. The number of nitrogens with zero attached hydrogens (tertiary/aromatic N) is 1. The van der Waals surface area contributed by atoms with E-state index in [0.717, 1.165) is 23.8 Å². The molecule has 0 spiro atoms. The molecule has 3 heteroatoms. The van der Waals surface area contributed by atoms with E-state index in [0.29, 0.717) is 12.1 Å². The lowest BCUT2D eigenvalue weighted by atomic mass is 10.1. The van der Waals surface area contributed by atoms with E-state index < -0.39 is 6.10 Å². The highest BCUT2D eigenvalue weighted by Crippen LogP contribution is 2.34. The number of anilines is 1. The van der Waals surface area contributed by atoms with Gasteiger partial charge in [0.15, 0.2) is 0 Å². The van der Waals surface area contributed by atoms with Gasteiger partial charge >= 0.3 is 0 Å². The van der Waals surface area contributed by atoms with E-state index in [-0.39, 0.29) is 0 Å². The summed E-state index contributed by atoms with van der Waals surface area (Å²) in [6, 6.07) is 10.1. The molecule has 1 aliphatic carbocycles. The molecule has 2 aliphatic rings. The Hall–Kier alpha value is -1.06. The minimum Gasteiger partial charge on any atom is -0.389 e. The second-order valence-electron chi connectivity index (χ2n) is 6.12. The summed E-state index contributed by atoms with van der Waals surface area (Å²) in [7, 11) is 0. The van der Waals surface area contributed by atoms with Gasteiger partial charge in [-0.2, -0.15) is 0 Å². The highest BCUT2D eigenvalue weighted by Gasteiger charge is 2.38. The van der Waals surface area contributed by atoms with Gasteiger partial charge in [-0.25, -0.2) is 0 Å². The molecule has 3 rings (SSSR count). The van der Waals surface area contributed by atoms with Gasteiger partial charge in [-0.15, -0.1) is 0 Å². The van der Waals surface area contributed by atoms with Crippen LogP contribution in [0, 0.1) is 0 Å². The molecule has 2 fully saturated rings. The number of rotatable bonds is 4. The molecule has 0 aromatic heterocycles. The first kappa shape index (κ1) is 12.9. The predicted molar refractivity (Wildman–Crippen MR) is 78.3 cm³/mol. The Morgan fingerprint density at radius 2 is 2.05 bits per heavy atom. The SMILES string of the molecule is CC(O)c1ccccc1NC1CC(C)N(C2CC2)C1. The van der Waals surface area contributed by atoms with E-state index >= 15 is 0 Å². The lowest BCUT2D eigenvalue weighted by Gasteiger charge is -2.20. The Bertz CT molecular complexity index is 442. The molecule has 19 heavy (non-hydrogen) atoms. The van der Waals surface area contributed by atoms with E-state index in [1.165, 1.54) is 19.3 Å². The van der Waals surface area contributed by atoms with Crippen LogP contribution in [-0.2, 0) is 0 Å².